The van der Waals surface area contributed by atoms with E-state index in [1.807, 2.05) is 32.2 Å². The minimum Gasteiger partial charge on any atom is -0.494 e. The van der Waals surface area contributed by atoms with Gasteiger partial charge in [-0.1, -0.05) is 24.3 Å². The number of rotatable bonds is 4. The number of benzene rings is 1. The molecule has 0 aliphatic rings. The second-order valence-electron chi connectivity index (χ2n) is 4.95. The molecule has 0 amide bonds. The summed E-state index contributed by atoms with van der Waals surface area (Å²) in [6.07, 6.45) is 1.92. The van der Waals surface area contributed by atoms with Crippen molar-refractivity contribution in [2.24, 2.45) is 0 Å². The first-order valence-electron chi connectivity index (χ1n) is 6.60. The monoisotopic (exact) mass is 306 g/mol. The lowest BCUT2D eigenvalue weighted by Gasteiger charge is -2.17. The van der Waals surface area contributed by atoms with Gasteiger partial charge in [0.05, 0.1) is 0 Å². The van der Waals surface area contributed by atoms with Crippen molar-refractivity contribution in [1.29, 1.82) is 0 Å². The van der Waals surface area contributed by atoms with E-state index in [0.717, 1.165) is 5.56 Å². The second kappa shape index (κ2) is 6.22. The molecular weight excluding hydrogens is 288 g/mol. The van der Waals surface area contributed by atoms with E-state index < -0.39 is 11.2 Å². The topological polar surface area (TPSA) is 75.1 Å². The number of aromatic hydroxyl groups is 1. The number of nitrogens with one attached hydrogen (secondary N) is 1. The van der Waals surface area contributed by atoms with Gasteiger partial charge in [0.2, 0.25) is 5.88 Å². The van der Waals surface area contributed by atoms with Crippen molar-refractivity contribution >= 4 is 11.8 Å². The minimum atomic E-state index is -0.587. The highest BCUT2D eigenvalue weighted by Gasteiger charge is 2.20. The highest BCUT2D eigenvalue weighted by atomic mass is 32.2. The van der Waals surface area contributed by atoms with Crippen LogP contribution in [-0.2, 0) is 0 Å². The zero-order valence-corrected chi connectivity index (χ0v) is 13.0. The van der Waals surface area contributed by atoms with Crippen LogP contribution in [0, 0.1) is 6.92 Å². The van der Waals surface area contributed by atoms with Crippen molar-refractivity contribution in [3.05, 3.63) is 50.7 Å². The second-order valence-corrected chi connectivity index (χ2v) is 5.86. The summed E-state index contributed by atoms with van der Waals surface area (Å²) in [5.41, 5.74) is 0.471. The van der Waals surface area contributed by atoms with E-state index in [-0.39, 0.29) is 17.5 Å². The molecule has 1 heterocycles. The van der Waals surface area contributed by atoms with E-state index in [1.165, 1.54) is 4.57 Å². The standard InChI is InChI=1S/C15H18N2O3S/c1-9-6-4-5-7-11(9)12-13(18)16-15(20)17(14(12)19)10(2)8-21-3/h4-7,10,19H,8H2,1-3H3,(H,16,18,20). The summed E-state index contributed by atoms with van der Waals surface area (Å²) in [5, 5.41) is 10.5. The van der Waals surface area contributed by atoms with Gasteiger partial charge in [-0.05, 0) is 31.2 Å². The zero-order valence-electron chi connectivity index (χ0n) is 12.2. The Morgan fingerprint density at radius 1 is 1.33 bits per heavy atom. The van der Waals surface area contributed by atoms with Gasteiger partial charge < -0.3 is 5.11 Å². The molecule has 0 aliphatic heterocycles. The molecule has 2 aromatic rings. The van der Waals surface area contributed by atoms with Crippen molar-refractivity contribution in [3.63, 3.8) is 0 Å². The Morgan fingerprint density at radius 2 is 2.00 bits per heavy atom. The first kappa shape index (κ1) is 15.4. The maximum absolute atomic E-state index is 12.1. The Kier molecular flexibility index (Phi) is 4.57. The lowest BCUT2D eigenvalue weighted by atomic mass is 10.0. The number of hydrogen-bond donors (Lipinski definition) is 2. The quantitative estimate of drug-likeness (QED) is 0.907. The molecule has 0 saturated heterocycles. The van der Waals surface area contributed by atoms with Gasteiger partial charge in [0, 0.05) is 11.8 Å². The van der Waals surface area contributed by atoms with Crippen LogP contribution in [0.25, 0.3) is 11.1 Å². The lowest BCUT2D eigenvalue weighted by molar-refractivity contribution is 0.386. The highest BCUT2D eigenvalue weighted by Crippen LogP contribution is 2.28. The van der Waals surface area contributed by atoms with E-state index in [1.54, 1.807) is 23.9 Å². The maximum atomic E-state index is 12.1. The van der Waals surface area contributed by atoms with Gasteiger partial charge in [-0.2, -0.15) is 11.8 Å². The van der Waals surface area contributed by atoms with Crippen LogP contribution >= 0.6 is 11.8 Å². The molecule has 0 aliphatic carbocycles. The summed E-state index contributed by atoms with van der Waals surface area (Å²) in [7, 11) is 0. The summed E-state index contributed by atoms with van der Waals surface area (Å²) in [5.74, 6) is 0.381. The molecule has 0 radical (unpaired) electrons. The Bertz CT molecular complexity index is 764. The van der Waals surface area contributed by atoms with E-state index in [4.69, 9.17) is 0 Å². The van der Waals surface area contributed by atoms with Crippen molar-refractivity contribution in [1.82, 2.24) is 9.55 Å². The molecule has 112 valence electrons. The largest absolute Gasteiger partial charge is 0.494 e. The first-order valence-corrected chi connectivity index (χ1v) is 7.99. The molecule has 1 aromatic heterocycles. The summed E-state index contributed by atoms with van der Waals surface area (Å²) in [6, 6.07) is 7.05. The number of thioether (sulfide) groups is 1. The van der Waals surface area contributed by atoms with Crippen molar-refractivity contribution in [2.45, 2.75) is 19.9 Å². The Labute approximate surface area is 126 Å². The smallest absolute Gasteiger partial charge is 0.331 e. The van der Waals surface area contributed by atoms with Crippen LogP contribution in [0.2, 0.25) is 0 Å². The fourth-order valence-corrected chi connectivity index (χ4v) is 2.99. The number of aromatic nitrogens is 2. The molecule has 0 spiro atoms. The van der Waals surface area contributed by atoms with E-state index >= 15 is 0 Å². The van der Waals surface area contributed by atoms with Gasteiger partial charge >= 0.3 is 5.69 Å². The number of aryl methyl sites for hydroxylation is 1. The Hall–Kier alpha value is -1.95. The van der Waals surface area contributed by atoms with Crippen LogP contribution in [0.4, 0.5) is 0 Å². The molecule has 0 bridgehead atoms. The fourth-order valence-electron chi connectivity index (χ4n) is 2.36. The Morgan fingerprint density at radius 3 is 2.62 bits per heavy atom. The summed E-state index contributed by atoms with van der Waals surface area (Å²) < 4.78 is 1.24. The van der Waals surface area contributed by atoms with Crippen LogP contribution in [0.1, 0.15) is 18.5 Å². The lowest BCUT2D eigenvalue weighted by Crippen LogP contribution is -2.33. The van der Waals surface area contributed by atoms with Crippen LogP contribution in [0.5, 0.6) is 5.88 Å². The van der Waals surface area contributed by atoms with Crippen LogP contribution in [-0.4, -0.2) is 26.7 Å². The summed E-state index contributed by atoms with van der Waals surface area (Å²) in [6.45, 7) is 3.69. The number of H-pyrrole nitrogens is 1. The molecule has 1 aromatic carbocycles. The van der Waals surface area contributed by atoms with Crippen LogP contribution < -0.4 is 11.2 Å². The molecule has 2 N–H and O–H groups in total. The average Bonchev–Trinajstić information content (AvgIpc) is 2.40. The average molecular weight is 306 g/mol. The third-order valence-corrected chi connectivity index (χ3v) is 4.20. The number of hydrogen-bond acceptors (Lipinski definition) is 4. The van der Waals surface area contributed by atoms with Crippen molar-refractivity contribution < 1.29 is 5.11 Å². The van der Waals surface area contributed by atoms with Gasteiger partial charge in [0.1, 0.15) is 5.56 Å². The fraction of sp³-hybridized carbons (Fsp3) is 0.333. The van der Waals surface area contributed by atoms with Crippen molar-refractivity contribution in [3.8, 4) is 17.0 Å². The SMILES string of the molecule is CSCC(C)n1c(O)c(-c2ccccc2C)c(=O)[nH]c1=O. The third kappa shape index (κ3) is 2.90. The van der Waals surface area contributed by atoms with Crippen LogP contribution in [0.3, 0.4) is 0 Å². The number of nitrogens with zero attached hydrogens (tertiary/aromatic N) is 1. The molecule has 5 nitrogen and oxygen atoms in total. The molecule has 21 heavy (non-hydrogen) atoms. The van der Waals surface area contributed by atoms with Crippen molar-refractivity contribution in [2.75, 3.05) is 12.0 Å². The predicted octanol–water partition coefficient (Wildman–Crippen LogP) is 2.14. The molecular formula is C15H18N2O3S. The van der Waals surface area contributed by atoms with Gasteiger partial charge in [0.25, 0.3) is 5.56 Å². The molecule has 0 saturated carbocycles. The van der Waals surface area contributed by atoms with E-state index in [0.29, 0.717) is 11.3 Å². The molecule has 6 heteroatoms. The van der Waals surface area contributed by atoms with E-state index in [2.05, 4.69) is 4.98 Å². The van der Waals surface area contributed by atoms with Gasteiger partial charge in [0.15, 0.2) is 0 Å². The summed E-state index contributed by atoms with van der Waals surface area (Å²) >= 11 is 1.57. The van der Waals surface area contributed by atoms with E-state index in [9.17, 15) is 14.7 Å². The third-order valence-electron chi connectivity index (χ3n) is 3.38. The molecule has 1 atom stereocenters. The zero-order chi connectivity index (χ0) is 15.6. The highest BCUT2D eigenvalue weighted by molar-refractivity contribution is 7.98. The van der Waals surface area contributed by atoms with Gasteiger partial charge in [-0.25, -0.2) is 4.79 Å². The summed E-state index contributed by atoms with van der Waals surface area (Å²) in [4.78, 5) is 26.4. The first-order chi connectivity index (χ1) is 9.97. The molecule has 2 rings (SSSR count). The van der Waals surface area contributed by atoms with Gasteiger partial charge in [-0.3, -0.25) is 14.3 Å². The van der Waals surface area contributed by atoms with Crippen LogP contribution in [0.15, 0.2) is 33.9 Å². The minimum absolute atomic E-state index is 0.139. The molecule has 0 fully saturated rings. The number of aromatic amines is 1. The molecule has 1 unspecified atom stereocenters. The maximum Gasteiger partial charge on any atom is 0.331 e. The Balaban J connectivity index is 2.74. The predicted molar refractivity (Wildman–Crippen MR) is 86.3 cm³/mol. The normalized spacial score (nSPS) is 12.3. The van der Waals surface area contributed by atoms with Gasteiger partial charge in [-0.15, -0.1) is 0 Å².